The molecular formula is C55H70F3N9O8. The van der Waals surface area contributed by atoms with E-state index in [1.807, 2.05) is 46.9 Å². The Morgan fingerprint density at radius 1 is 0.947 bits per heavy atom. The molecule has 2 amide bonds. The summed E-state index contributed by atoms with van der Waals surface area (Å²) in [6.45, 7) is 15.3. The molecule has 20 heteroatoms. The molecule has 3 aromatic heterocycles. The van der Waals surface area contributed by atoms with Crippen molar-refractivity contribution in [2.24, 2.45) is 0 Å². The molecule has 1 saturated carbocycles. The highest BCUT2D eigenvalue weighted by atomic mass is 19.3. The number of hydrogen-bond acceptors (Lipinski definition) is 13. The average molecular weight is 1040 g/mol. The number of anilines is 2. The third kappa shape index (κ3) is 13.8. The van der Waals surface area contributed by atoms with Crippen LogP contribution in [-0.2, 0) is 44.7 Å². The van der Waals surface area contributed by atoms with E-state index in [4.69, 9.17) is 4.74 Å². The molecule has 7 N–H and O–H groups in total. The minimum absolute atomic E-state index is 0.0351. The van der Waals surface area contributed by atoms with Crippen molar-refractivity contribution in [3.8, 4) is 11.5 Å². The van der Waals surface area contributed by atoms with Gasteiger partial charge in [-0.15, -0.1) is 8.78 Å². The van der Waals surface area contributed by atoms with E-state index in [1.54, 1.807) is 27.6 Å². The topological polar surface area (TPSA) is 206 Å². The smallest absolute Gasteiger partial charge is 0.395 e. The molecule has 75 heavy (non-hydrogen) atoms. The predicted octanol–water partition coefficient (Wildman–Crippen LogP) is 5.87. The number of carbonyl (C=O) groups excluding carboxylic acids is 3. The summed E-state index contributed by atoms with van der Waals surface area (Å²) in [5.41, 5.74) is 3.60. The molecule has 3 aromatic carbocycles. The van der Waals surface area contributed by atoms with Crippen LogP contribution in [-0.4, -0.2) is 134 Å². The van der Waals surface area contributed by atoms with Crippen LogP contribution in [0.25, 0.3) is 21.9 Å². The maximum atomic E-state index is 15.5. The summed E-state index contributed by atoms with van der Waals surface area (Å²) in [5.74, 6) is -1.55. The number of aldehydes is 1. The van der Waals surface area contributed by atoms with E-state index < -0.39 is 35.0 Å². The van der Waals surface area contributed by atoms with Crippen molar-refractivity contribution in [1.82, 2.24) is 35.4 Å². The highest BCUT2D eigenvalue weighted by molar-refractivity contribution is 6.03. The van der Waals surface area contributed by atoms with Gasteiger partial charge in [0.2, 0.25) is 5.91 Å². The lowest BCUT2D eigenvalue weighted by atomic mass is 9.90. The van der Waals surface area contributed by atoms with Crippen LogP contribution in [0.3, 0.4) is 0 Å². The first-order chi connectivity index (χ1) is 36.1. The van der Waals surface area contributed by atoms with Crippen molar-refractivity contribution in [1.29, 1.82) is 0 Å². The van der Waals surface area contributed by atoms with Crippen molar-refractivity contribution < 1.29 is 52.0 Å². The Bertz CT molecular complexity index is 2880. The first-order valence-electron chi connectivity index (χ1n) is 25.6. The molecule has 3 aliphatic rings. The number of benzene rings is 3. The molecule has 1 unspecified atom stereocenters. The lowest BCUT2D eigenvalue weighted by Crippen LogP contribution is -2.43. The third-order valence-electron chi connectivity index (χ3n) is 13.4. The summed E-state index contributed by atoms with van der Waals surface area (Å²) < 4.78 is 60.6. The fourth-order valence-electron chi connectivity index (χ4n) is 9.09. The van der Waals surface area contributed by atoms with Gasteiger partial charge >= 0.3 is 6.29 Å². The van der Waals surface area contributed by atoms with Gasteiger partial charge in [0.15, 0.2) is 11.5 Å². The lowest BCUT2D eigenvalue weighted by molar-refractivity contribution is -0.286. The Morgan fingerprint density at radius 3 is 2.39 bits per heavy atom. The van der Waals surface area contributed by atoms with Gasteiger partial charge in [-0.25, -0.2) is 9.37 Å². The fourth-order valence-corrected chi connectivity index (χ4v) is 9.09. The summed E-state index contributed by atoms with van der Waals surface area (Å²) in [7, 11) is 1.85. The molecule has 404 valence electrons. The van der Waals surface area contributed by atoms with E-state index in [0.29, 0.717) is 72.5 Å². The number of piperazine rings is 1. The molecule has 1 atom stereocenters. The van der Waals surface area contributed by atoms with E-state index in [-0.39, 0.29) is 49.3 Å². The van der Waals surface area contributed by atoms with Gasteiger partial charge in [-0.1, -0.05) is 45.9 Å². The summed E-state index contributed by atoms with van der Waals surface area (Å²) in [6.07, 6.45) is 1.30. The zero-order chi connectivity index (χ0) is 53.8. The number of nitrogens with one attached hydrogen (secondary N) is 5. The number of fused-ring (bicyclic) bond motifs is 3. The number of rotatable bonds is 22. The first-order valence-corrected chi connectivity index (χ1v) is 25.6. The van der Waals surface area contributed by atoms with Gasteiger partial charge in [0.25, 0.3) is 5.91 Å². The molecule has 2 fully saturated rings. The number of aliphatic hydroxyl groups is 2. The van der Waals surface area contributed by atoms with Crippen molar-refractivity contribution in [2.45, 2.75) is 83.3 Å². The van der Waals surface area contributed by atoms with Crippen molar-refractivity contribution in [2.75, 3.05) is 89.4 Å². The van der Waals surface area contributed by atoms with E-state index in [0.717, 1.165) is 50.8 Å². The van der Waals surface area contributed by atoms with Crippen molar-refractivity contribution in [3.05, 3.63) is 113 Å². The molecule has 5 heterocycles. The predicted molar refractivity (Wildman–Crippen MR) is 283 cm³/mol. The first kappa shape index (κ1) is 56.2. The number of aliphatic hydroxyl groups excluding tert-OH is 2. The van der Waals surface area contributed by atoms with Gasteiger partial charge in [-0.05, 0) is 86.0 Å². The number of amides is 2. The number of hydrogen-bond donors (Lipinski definition) is 7. The number of alkyl halides is 2. The van der Waals surface area contributed by atoms with E-state index in [2.05, 4.69) is 70.2 Å². The zero-order valence-corrected chi connectivity index (χ0v) is 43.3. The number of nitrogens with zero attached hydrogens (tertiary/aromatic N) is 4. The van der Waals surface area contributed by atoms with E-state index >= 15 is 4.39 Å². The SMILES string of the molecule is CC.CNCCOCCNCC(O)Cn1c(C(C)(C)CO)cc2cc(NC(=O)C3(c4ccc5c(c4)OC(F)(F)O5)CC3)c(F)cc21.O=CCn1ccc2cc(C(=O)NCCc3ccc(N4CCNCC4)cc3)cnc21. The number of likely N-dealkylation sites (N-methyl/N-ethyl adjacent to an activating group) is 1. The molecule has 9 rings (SSSR count). The van der Waals surface area contributed by atoms with Crippen LogP contribution in [0.2, 0.25) is 0 Å². The van der Waals surface area contributed by atoms with Crippen molar-refractivity contribution in [3.63, 3.8) is 0 Å². The molecule has 0 spiro atoms. The molecule has 1 saturated heterocycles. The number of aromatic nitrogens is 3. The zero-order valence-electron chi connectivity index (χ0n) is 43.3. The van der Waals surface area contributed by atoms with Crippen LogP contribution in [0.15, 0.2) is 85.2 Å². The summed E-state index contributed by atoms with van der Waals surface area (Å²) in [4.78, 5) is 43.3. The molecule has 17 nitrogen and oxygen atoms in total. The normalized spacial score (nSPS) is 15.6. The quantitative estimate of drug-likeness (QED) is 0.0314. The maximum absolute atomic E-state index is 15.5. The Kier molecular flexibility index (Phi) is 19.0. The monoisotopic (exact) mass is 1040 g/mol. The third-order valence-corrected chi connectivity index (χ3v) is 13.4. The van der Waals surface area contributed by atoms with Gasteiger partial charge in [0.1, 0.15) is 17.8 Å². The van der Waals surface area contributed by atoms with Gasteiger partial charge in [0.05, 0.1) is 61.2 Å². The Morgan fingerprint density at radius 2 is 1.68 bits per heavy atom. The number of carbonyl (C=O) groups is 3. The molecule has 0 radical (unpaired) electrons. The Balaban J connectivity index is 0.000000229. The molecule has 1 aliphatic carbocycles. The van der Waals surface area contributed by atoms with Crippen LogP contribution >= 0.6 is 0 Å². The Hall–Kier alpha value is -6.55. The maximum Gasteiger partial charge on any atom is 0.586 e. The number of ether oxygens (including phenoxy) is 3. The average Bonchev–Trinajstić information content (AvgIpc) is 3.89. The second kappa shape index (κ2) is 25.3. The van der Waals surface area contributed by atoms with Crippen LogP contribution in [0.4, 0.5) is 24.5 Å². The minimum atomic E-state index is -3.77. The van der Waals surface area contributed by atoms with Gasteiger partial charge in [-0.2, -0.15) is 0 Å². The van der Waals surface area contributed by atoms with E-state index in [9.17, 15) is 33.4 Å². The number of pyridine rings is 1. The second-order valence-corrected chi connectivity index (χ2v) is 19.2. The Labute approximate surface area is 435 Å². The van der Waals surface area contributed by atoms with Crippen LogP contribution < -0.4 is 41.0 Å². The molecular weight excluding hydrogens is 972 g/mol. The van der Waals surface area contributed by atoms with Crippen molar-refractivity contribution >= 4 is 51.4 Å². The second-order valence-electron chi connectivity index (χ2n) is 19.2. The number of halogens is 3. The highest BCUT2D eigenvalue weighted by Crippen LogP contribution is 2.52. The summed E-state index contributed by atoms with van der Waals surface area (Å²) in [6, 6.07) is 21.1. The van der Waals surface area contributed by atoms with Crippen LogP contribution in [0, 0.1) is 5.82 Å². The molecule has 2 aliphatic heterocycles. The minimum Gasteiger partial charge on any atom is -0.395 e. The lowest BCUT2D eigenvalue weighted by Gasteiger charge is -2.29. The molecule has 6 aromatic rings. The largest absolute Gasteiger partial charge is 0.586 e. The van der Waals surface area contributed by atoms with Gasteiger partial charge < -0.3 is 69.8 Å². The summed E-state index contributed by atoms with van der Waals surface area (Å²) >= 11 is 0. The standard InChI is InChI=1S/C31H39F3N4O6.C22H25N5O2.C2H6/c1-29(2,18-39)27-13-19-12-23(22(32)15-24(19)38(27)17-21(40)16-36-9-11-42-10-8-35-3)37-28(41)30(6-7-30)20-4-5-25-26(14-20)44-31(33,34)43-25;28-14-13-27-10-6-18-15-19(16-25-21(18)27)22(29)24-7-5-17-1-3-20(4-2-17)26-11-8-23-9-12-26;1-2/h4-5,12-15,21,35-36,39-40H,6-11,16-18H2,1-3H3,(H,37,41);1-4,6,10,14-16,23H,5,7-9,11-13H2,(H,24,29);1-2H3. The van der Waals surface area contributed by atoms with Crippen LogP contribution in [0.1, 0.15) is 67.7 Å². The van der Waals surface area contributed by atoms with E-state index in [1.165, 1.54) is 41.6 Å². The van der Waals surface area contributed by atoms with Gasteiger partial charge in [0, 0.05) is 98.4 Å². The summed E-state index contributed by atoms with van der Waals surface area (Å²) in [5, 5.41) is 37.6. The van der Waals surface area contributed by atoms with Gasteiger partial charge in [-0.3, -0.25) is 9.59 Å². The fraction of sp³-hybridized carbons (Fsp3) is 0.455. The molecule has 0 bridgehead atoms. The highest BCUT2D eigenvalue weighted by Gasteiger charge is 2.53. The van der Waals surface area contributed by atoms with Crippen LogP contribution in [0.5, 0.6) is 11.5 Å².